The van der Waals surface area contributed by atoms with E-state index in [1.807, 2.05) is 42.1 Å². The number of aryl methyl sites for hydroxylation is 1. The molecule has 122 valence electrons. The number of benzene rings is 1. The van der Waals surface area contributed by atoms with E-state index in [9.17, 15) is 4.79 Å². The Morgan fingerprint density at radius 1 is 1.48 bits per heavy atom. The van der Waals surface area contributed by atoms with E-state index in [1.165, 1.54) is 24.6 Å². The summed E-state index contributed by atoms with van der Waals surface area (Å²) in [5, 5.41) is 3.84. The highest BCUT2D eigenvalue weighted by Gasteiger charge is 2.24. The molecule has 1 aliphatic carbocycles. The number of para-hydroxylation sites is 1. The Morgan fingerprint density at radius 2 is 2.26 bits per heavy atom. The third-order valence-electron chi connectivity index (χ3n) is 3.77. The van der Waals surface area contributed by atoms with Crippen molar-refractivity contribution < 1.29 is 9.53 Å². The fourth-order valence-electron chi connectivity index (χ4n) is 2.08. The molecule has 0 radical (unpaired) electrons. The van der Waals surface area contributed by atoms with Crippen LogP contribution in [-0.4, -0.2) is 28.2 Å². The van der Waals surface area contributed by atoms with Crippen LogP contribution in [0.15, 0.2) is 46.7 Å². The van der Waals surface area contributed by atoms with Gasteiger partial charge in [0, 0.05) is 24.3 Å². The minimum Gasteiger partial charge on any atom is -0.368 e. The third kappa shape index (κ3) is 4.36. The number of ether oxygens (including phenoxy) is 1. The first-order valence-electron chi connectivity index (χ1n) is 7.80. The summed E-state index contributed by atoms with van der Waals surface area (Å²) in [6, 6.07) is 7.74. The third-order valence-corrected chi connectivity index (χ3v) is 4.92. The SMILES string of the molecule is CC(OCC1CC1)C(=O)Nc1ccccc1Sc1nccn1C. The maximum atomic E-state index is 12.3. The second kappa shape index (κ2) is 7.19. The Bertz CT molecular complexity index is 682. The van der Waals surface area contributed by atoms with Crippen molar-refractivity contribution >= 4 is 23.4 Å². The van der Waals surface area contributed by atoms with Gasteiger partial charge >= 0.3 is 0 Å². The second-order valence-corrected chi connectivity index (χ2v) is 6.84. The lowest BCUT2D eigenvalue weighted by Gasteiger charge is -2.15. The van der Waals surface area contributed by atoms with E-state index in [4.69, 9.17) is 4.74 Å². The number of nitrogens with one attached hydrogen (secondary N) is 1. The van der Waals surface area contributed by atoms with E-state index < -0.39 is 6.10 Å². The van der Waals surface area contributed by atoms with Crippen LogP contribution in [0.1, 0.15) is 19.8 Å². The van der Waals surface area contributed by atoms with Gasteiger partial charge in [-0.1, -0.05) is 12.1 Å². The molecular formula is C17H21N3O2S. The molecule has 2 aromatic rings. The molecular weight excluding hydrogens is 310 g/mol. The molecule has 1 heterocycles. The molecule has 1 aromatic heterocycles. The van der Waals surface area contributed by atoms with Crippen molar-refractivity contribution in [2.45, 2.75) is 35.9 Å². The number of imidazole rings is 1. The van der Waals surface area contributed by atoms with E-state index in [1.54, 1.807) is 13.1 Å². The largest absolute Gasteiger partial charge is 0.368 e. The zero-order valence-electron chi connectivity index (χ0n) is 13.4. The number of amides is 1. The molecule has 1 amide bonds. The highest BCUT2D eigenvalue weighted by atomic mass is 32.2. The summed E-state index contributed by atoms with van der Waals surface area (Å²) in [5.41, 5.74) is 0.785. The van der Waals surface area contributed by atoms with Gasteiger partial charge in [0.2, 0.25) is 0 Å². The lowest BCUT2D eigenvalue weighted by molar-refractivity contribution is -0.126. The van der Waals surface area contributed by atoms with Gasteiger partial charge in [-0.3, -0.25) is 4.79 Å². The average Bonchev–Trinajstić information content (AvgIpc) is 3.29. The molecule has 0 bridgehead atoms. The average molecular weight is 331 g/mol. The quantitative estimate of drug-likeness (QED) is 0.845. The van der Waals surface area contributed by atoms with Gasteiger partial charge in [-0.05, 0) is 49.6 Å². The van der Waals surface area contributed by atoms with E-state index in [2.05, 4.69) is 10.3 Å². The summed E-state index contributed by atoms with van der Waals surface area (Å²) in [7, 11) is 1.95. The highest BCUT2D eigenvalue weighted by Crippen LogP contribution is 2.32. The second-order valence-electron chi connectivity index (χ2n) is 5.83. The minimum atomic E-state index is -0.443. The molecule has 0 saturated heterocycles. The van der Waals surface area contributed by atoms with Gasteiger partial charge in [0.15, 0.2) is 5.16 Å². The van der Waals surface area contributed by atoms with Crippen molar-refractivity contribution in [2.24, 2.45) is 13.0 Å². The van der Waals surface area contributed by atoms with Gasteiger partial charge in [-0.15, -0.1) is 0 Å². The van der Waals surface area contributed by atoms with E-state index >= 15 is 0 Å². The van der Waals surface area contributed by atoms with Gasteiger partial charge in [0.1, 0.15) is 6.10 Å². The van der Waals surface area contributed by atoms with Crippen LogP contribution in [0.3, 0.4) is 0 Å². The normalized spacial score (nSPS) is 15.4. The van der Waals surface area contributed by atoms with Crippen molar-refractivity contribution in [3.05, 3.63) is 36.7 Å². The summed E-state index contributed by atoms with van der Waals surface area (Å²) < 4.78 is 7.58. The Labute approximate surface area is 140 Å². The Hall–Kier alpha value is -1.79. The van der Waals surface area contributed by atoms with Gasteiger partial charge in [0.05, 0.1) is 12.3 Å². The summed E-state index contributed by atoms with van der Waals surface area (Å²) in [4.78, 5) is 17.6. The van der Waals surface area contributed by atoms with Crippen LogP contribution < -0.4 is 5.32 Å². The summed E-state index contributed by atoms with van der Waals surface area (Å²) in [5.74, 6) is 0.537. The number of carbonyl (C=O) groups is 1. The van der Waals surface area contributed by atoms with Crippen LogP contribution in [0.2, 0.25) is 0 Å². The highest BCUT2D eigenvalue weighted by molar-refractivity contribution is 7.99. The number of anilines is 1. The monoisotopic (exact) mass is 331 g/mol. The fraction of sp³-hybridized carbons (Fsp3) is 0.412. The number of hydrogen-bond donors (Lipinski definition) is 1. The van der Waals surface area contributed by atoms with E-state index in [0.29, 0.717) is 12.5 Å². The molecule has 0 aliphatic heterocycles. The molecule has 1 aromatic carbocycles. The zero-order valence-corrected chi connectivity index (χ0v) is 14.2. The number of hydrogen-bond acceptors (Lipinski definition) is 4. The van der Waals surface area contributed by atoms with Crippen molar-refractivity contribution in [3.8, 4) is 0 Å². The van der Waals surface area contributed by atoms with Gasteiger partial charge in [-0.25, -0.2) is 4.98 Å². The molecule has 1 atom stereocenters. The summed E-state index contributed by atoms with van der Waals surface area (Å²) in [6.07, 6.45) is 5.66. The smallest absolute Gasteiger partial charge is 0.253 e. The number of aromatic nitrogens is 2. The van der Waals surface area contributed by atoms with Crippen LogP contribution in [0.25, 0.3) is 0 Å². The van der Waals surface area contributed by atoms with Crippen molar-refractivity contribution in [3.63, 3.8) is 0 Å². The summed E-state index contributed by atoms with van der Waals surface area (Å²) >= 11 is 1.53. The molecule has 5 nitrogen and oxygen atoms in total. The maximum absolute atomic E-state index is 12.3. The molecule has 1 fully saturated rings. The predicted molar refractivity (Wildman–Crippen MR) is 90.5 cm³/mol. The van der Waals surface area contributed by atoms with Crippen LogP contribution in [0.4, 0.5) is 5.69 Å². The van der Waals surface area contributed by atoms with E-state index in [-0.39, 0.29) is 5.91 Å². The van der Waals surface area contributed by atoms with Crippen molar-refractivity contribution in [1.82, 2.24) is 9.55 Å². The fourth-order valence-corrected chi connectivity index (χ4v) is 2.97. The van der Waals surface area contributed by atoms with Crippen molar-refractivity contribution in [2.75, 3.05) is 11.9 Å². The van der Waals surface area contributed by atoms with Gasteiger partial charge < -0.3 is 14.6 Å². The van der Waals surface area contributed by atoms with Crippen LogP contribution in [-0.2, 0) is 16.6 Å². The lowest BCUT2D eigenvalue weighted by atomic mass is 10.3. The summed E-state index contributed by atoms with van der Waals surface area (Å²) in [6.45, 7) is 2.48. The molecule has 23 heavy (non-hydrogen) atoms. The number of nitrogens with zero attached hydrogens (tertiary/aromatic N) is 2. The Morgan fingerprint density at radius 3 is 2.96 bits per heavy atom. The Balaban J connectivity index is 1.64. The number of rotatable bonds is 7. The molecule has 3 rings (SSSR count). The molecule has 1 N–H and O–H groups in total. The predicted octanol–water partition coefficient (Wildman–Crippen LogP) is 3.32. The van der Waals surface area contributed by atoms with E-state index in [0.717, 1.165) is 15.7 Å². The molecule has 0 spiro atoms. The van der Waals surface area contributed by atoms with Crippen LogP contribution in [0.5, 0.6) is 0 Å². The molecule has 1 saturated carbocycles. The van der Waals surface area contributed by atoms with Gasteiger partial charge in [0.25, 0.3) is 5.91 Å². The standard InChI is InChI=1S/C17H21N3O2S/c1-12(22-11-13-7-8-13)16(21)19-14-5-3-4-6-15(14)23-17-18-9-10-20(17)2/h3-6,9-10,12-13H,7-8,11H2,1-2H3,(H,19,21). The first-order valence-corrected chi connectivity index (χ1v) is 8.62. The van der Waals surface area contributed by atoms with Crippen LogP contribution >= 0.6 is 11.8 Å². The first-order chi connectivity index (χ1) is 11.1. The van der Waals surface area contributed by atoms with Crippen molar-refractivity contribution in [1.29, 1.82) is 0 Å². The molecule has 6 heteroatoms. The minimum absolute atomic E-state index is 0.112. The maximum Gasteiger partial charge on any atom is 0.253 e. The van der Waals surface area contributed by atoms with Crippen LogP contribution in [0, 0.1) is 5.92 Å². The lowest BCUT2D eigenvalue weighted by Crippen LogP contribution is -2.28. The van der Waals surface area contributed by atoms with Gasteiger partial charge in [-0.2, -0.15) is 0 Å². The topological polar surface area (TPSA) is 56.1 Å². The Kier molecular flexibility index (Phi) is 5.03. The first kappa shape index (κ1) is 16.1. The molecule has 1 aliphatic rings. The number of carbonyl (C=O) groups excluding carboxylic acids is 1. The zero-order chi connectivity index (χ0) is 16.2. The molecule has 1 unspecified atom stereocenters.